The van der Waals surface area contributed by atoms with Crippen molar-refractivity contribution in [2.45, 2.75) is 32.7 Å². The Hall–Kier alpha value is -3.40. The lowest BCUT2D eigenvalue weighted by Gasteiger charge is -2.15. The lowest BCUT2D eigenvalue weighted by molar-refractivity contribution is -0.137. The molecule has 7 nitrogen and oxygen atoms in total. The van der Waals surface area contributed by atoms with Gasteiger partial charge in [0.05, 0.1) is 10.9 Å². The van der Waals surface area contributed by atoms with E-state index in [1.807, 2.05) is 13.8 Å². The molecule has 176 valence electrons. The van der Waals surface area contributed by atoms with Crippen LogP contribution in [0.4, 0.5) is 13.2 Å². The summed E-state index contributed by atoms with van der Waals surface area (Å²) in [6.07, 6.45) is -5.69. The molecule has 0 saturated carbocycles. The molecular formula is C23H24F3N3O4. The number of halogens is 3. The summed E-state index contributed by atoms with van der Waals surface area (Å²) in [4.78, 5) is 25.4. The number of aliphatic hydroxyl groups is 1. The Balaban J connectivity index is 1.68. The van der Waals surface area contributed by atoms with Crippen LogP contribution < -0.4 is 15.6 Å². The summed E-state index contributed by atoms with van der Waals surface area (Å²) in [5, 5.41) is 17.6. The summed E-state index contributed by atoms with van der Waals surface area (Å²) in [5.74, 6) is -0.521. The van der Waals surface area contributed by atoms with Crippen LogP contribution in [0, 0.1) is 5.92 Å². The average Bonchev–Trinajstić information content (AvgIpc) is 2.77. The van der Waals surface area contributed by atoms with Crippen LogP contribution in [-0.2, 0) is 12.7 Å². The number of alkyl halides is 3. The molecule has 0 bridgehead atoms. The molecule has 0 fully saturated rings. The van der Waals surface area contributed by atoms with Gasteiger partial charge < -0.3 is 15.2 Å². The third-order valence-corrected chi connectivity index (χ3v) is 4.72. The highest BCUT2D eigenvalue weighted by Crippen LogP contribution is 2.31. The number of hydrogen-bond acceptors (Lipinski definition) is 5. The van der Waals surface area contributed by atoms with Gasteiger partial charge in [0.2, 0.25) is 0 Å². The van der Waals surface area contributed by atoms with Gasteiger partial charge in [-0.1, -0.05) is 38.1 Å². The molecule has 2 aromatic carbocycles. The van der Waals surface area contributed by atoms with Gasteiger partial charge in [-0.2, -0.15) is 18.3 Å². The molecule has 1 aromatic heterocycles. The van der Waals surface area contributed by atoms with Crippen LogP contribution in [0.2, 0.25) is 0 Å². The van der Waals surface area contributed by atoms with Crippen molar-refractivity contribution < 1.29 is 27.8 Å². The van der Waals surface area contributed by atoms with Gasteiger partial charge in [0.1, 0.15) is 18.5 Å². The number of aliphatic hydroxyl groups excluding tert-OH is 1. The molecule has 1 amide bonds. The van der Waals surface area contributed by atoms with Crippen molar-refractivity contribution in [1.82, 2.24) is 15.1 Å². The number of aromatic nitrogens is 2. The second kappa shape index (κ2) is 10.0. The third kappa shape index (κ3) is 6.10. The molecular weight excluding hydrogens is 439 g/mol. The number of benzene rings is 2. The van der Waals surface area contributed by atoms with Gasteiger partial charge in [-0.05, 0) is 30.2 Å². The summed E-state index contributed by atoms with van der Waals surface area (Å²) in [6.45, 7) is 3.62. The predicted molar refractivity (Wildman–Crippen MR) is 116 cm³/mol. The lowest BCUT2D eigenvalue weighted by atomic mass is 10.1. The number of fused-ring (bicyclic) bond motifs is 1. The van der Waals surface area contributed by atoms with E-state index in [1.165, 1.54) is 16.8 Å². The molecule has 0 aliphatic carbocycles. The van der Waals surface area contributed by atoms with Crippen LogP contribution in [0.1, 0.15) is 29.9 Å². The fraction of sp³-hybridized carbons (Fsp3) is 0.348. The minimum Gasteiger partial charge on any atom is -0.491 e. The smallest absolute Gasteiger partial charge is 0.416 e. The van der Waals surface area contributed by atoms with E-state index in [2.05, 4.69) is 10.4 Å². The van der Waals surface area contributed by atoms with Crippen molar-refractivity contribution in [1.29, 1.82) is 0 Å². The molecule has 2 N–H and O–H groups in total. The molecule has 10 heteroatoms. The Morgan fingerprint density at radius 2 is 1.85 bits per heavy atom. The highest BCUT2D eigenvalue weighted by molar-refractivity contribution is 6.04. The molecule has 0 aliphatic rings. The Bertz CT molecular complexity index is 1190. The van der Waals surface area contributed by atoms with E-state index in [1.54, 1.807) is 24.3 Å². The van der Waals surface area contributed by atoms with E-state index in [9.17, 15) is 27.9 Å². The van der Waals surface area contributed by atoms with Crippen LogP contribution in [0.15, 0.2) is 53.3 Å². The average molecular weight is 463 g/mol. The molecule has 1 heterocycles. The fourth-order valence-electron chi connectivity index (χ4n) is 3.18. The van der Waals surface area contributed by atoms with Crippen LogP contribution in [0.25, 0.3) is 10.8 Å². The molecule has 3 aromatic rings. The van der Waals surface area contributed by atoms with Crippen LogP contribution in [-0.4, -0.2) is 40.0 Å². The molecule has 0 aliphatic heterocycles. The van der Waals surface area contributed by atoms with Gasteiger partial charge in [0.25, 0.3) is 11.5 Å². The number of nitrogens with zero attached hydrogens (tertiary/aromatic N) is 2. The number of carbonyl (C=O) groups is 1. The summed E-state index contributed by atoms with van der Waals surface area (Å²) in [7, 11) is 0. The topological polar surface area (TPSA) is 93.5 Å². The maximum absolute atomic E-state index is 12.8. The Labute approximate surface area is 187 Å². The van der Waals surface area contributed by atoms with Crippen LogP contribution >= 0.6 is 0 Å². The zero-order valence-corrected chi connectivity index (χ0v) is 18.1. The molecule has 0 spiro atoms. The molecule has 33 heavy (non-hydrogen) atoms. The van der Waals surface area contributed by atoms with Gasteiger partial charge >= 0.3 is 6.18 Å². The normalized spacial score (nSPS) is 12.7. The first-order valence-electron chi connectivity index (χ1n) is 10.3. The number of hydrogen-bond donors (Lipinski definition) is 2. The van der Waals surface area contributed by atoms with Crippen LogP contribution in [0.5, 0.6) is 5.75 Å². The van der Waals surface area contributed by atoms with E-state index in [0.29, 0.717) is 17.3 Å². The number of amides is 1. The van der Waals surface area contributed by atoms with Gasteiger partial charge in [0.15, 0.2) is 5.69 Å². The second-order valence-corrected chi connectivity index (χ2v) is 7.98. The monoisotopic (exact) mass is 463 g/mol. The van der Waals surface area contributed by atoms with Crippen molar-refractivity contribution in [3.8, 4) is 5.75 Å². The molecule has 1 atom stereocenters. The highest BCUT2D eigenvalue weighted by atomic mass is 19.4. The van der Waals surface area contributed by atoms with Gasteiger partial charge in [-0.3, -0.25) is 9.59 Å². The predicted octanol–water partition coefficient (Wildman–Crippen LogP) is 3.24. The van der Waals surface area contributed by atoms with E-state index in [-0.39, 0.29) is 36.1 Å². The van der Waals surface area contributed by atoms with E-state index in [4.69, 9.17) is 4.74 Å². The Morgan fingerprint density at radius 3 is 2.52 bits per heavy atom. The maximum atomic E-state index is 12.8. The second-order valence-electron chi connectivity index (χ2n) is 7.98. The summed E-state index contributed by atoms with van der Waals surface area (Å²) < 4.78 is 44.8. The summed E-state index contributed by atoms with van der Waals surface area (Å²) in [6, 6.07) is 10.9. The molecule has 3 rings (SSSR count). The third-order valence-electron chi connectivity index (χ3n) is 4.72. The Kier molecular flexibility index (Phi) is 7.37. The van der Waals surface area contributed by atoms with E-state index in [0.717, 1.165) is 12.1 Å². The SMILES string of the molecule is CC(C)Cn1nc(C(=O)NCC(O)COc2cccc(C(F)(F)F)c2)c2ccccc2c1=O. The van der Waals surface area contributed by atoms with Crippen molar-refractivity contribution in [3.05, 3.63) is 70.1 Å². The maximum Gasteiger partial charge on any atom is 0.416 e. The largest absolute Gasteiger partial charge is 0.491 e. The first-order valence-corrected chi connectivity index (χ1v) is 10.3. The van der Waals surface area contributed by atoms with Gasteiger partial charge in [-0.25, -0.2) is 4.68 Å². The quantitative estimate of drug-likeness (QED) is 0.535. The first-order chi connectivity index (χ1) is 15.6. The van der Waals surface area contributed by atoms with Crippen molar-refractivity contribution >= 4 is 16.7 Å². The van der Waals surface area contributed by atoms with Gasteiger partial charge in [-0.15, -0.1) is 0 Å². The molecule has 0 radical (unpaired) electrons. The zero-order chi connectivity index (χ0) is 24.2. The minimum absolute atomic E-state index is 0.0387. The number of nitrogens with one attached hydrogen (secondary N) is 1. The summed E-state index contributed by atoms with van der Waals surface area (Å²) >= 11 is 0. The fourth-order valence-corrected chi connectivity index (χ4v) is 3.18. The standard InChI is InChI=1S/C23H24F3N3O4/c1-14(2)12-29-22(32)19-9-4-3-8-18(19)20(28-29)21(31)27-11-16(30)13-33-17-7-5-6-15(10-17)23(24,25)26/h3-10,14,16,30H,11-13H2,1-2H3,(H,27,31). The number of ether oxygens (including phenoxy) is 1. The molecule has 0 saturated heterocycles. The number of carbonyl (C=O) groups excluding carboxylic acids is 1. The number of rotatable bonds is 8. The van der Waals surface area contributed by atoms with Crippen molar-refractivity contribution in [2.75, 3.05) is 13.2 Å². The first kappa shape index (κ1) is 24.2. The zero-order valence-electron chi connectivity index (χ0n) is 18.1. The lowest BCUT2D eigenvalue weighted by Crippen LogP contribution is -2.37. The Morgan fingerprint density at radius 1 is 1.15 bits per heavy atom. The van der Waals surface area contributed by atoms with E-state index >= 15 is 0 Å². The minimum atomic E-state index is -4.51. The van der Waals surface area contributed by atoms with Crippen molar-refractivity contribution in [3.63, 3.8) is 0 Å². The van der Waals surface area contributed by atoms with Crippen LogP contribution in [0.3, 0.4) is 0 Å². The van der Waals surface area contributed by atoms with Crippen molar-refractivity contribution in [2.24, 2.45) is 5.92 Å². The highest BCUT2D eigenvalue weighted by Gasteiger charge is 2.30. The summed E-state index contributed by atoms with van der Waals surface area (Å²) in [5.41, 5.74) is -1.13. The van der Waals surface area contributed by atoms with Gasteiger partial charge in [0, 0.05) is 18.5 Å². The van der Waals surface area contributed by atoms with E-state index < -0.39 is 23.8 Å². The molecule has 1 unspecified atom stereocenters.